The smallest absolute Gasteiger partial charge is 0.325 e. The van der Waals surface area contributed by atoms with Crippen LogP contribution in [0, 0.1) is 0 Å². The summed E-state index contributed by atoms with van der Waals surface area (Å²) in [7, 11) is 0. The van der Waals surface area contributed by atoms with Crippen molar-refractivity contribution < 1.29 is 19.9 Å². The van der Waals surface area contributed by atoms with Crippen LogP contribution in [-0.2, 0) is 9.59 Å². The molecule has 0 heterocycles. The van der Waals surface area contributed by atoms with Gasteiger partial charge in [-0.1, -0.05) is 45.4 Å². The lowest BCUT2D eigenvalue weighted by molar-refractivity contribution is -0.173. The van der Waals surface area contributed by atoms with Gasteiger partial charge in [-0.25, -0.2) is 5.06 Å². The number of carbonyl (C=O) groups excluding carboxylic acids is 1. The fraction of sp³-hybridized carbons (Fsp3) is 0.833. The molecule has 0 rings (SSSR count). The molecular weight excluding hydrogens is 222 g/mol. The van der Waals surface area contributed by atoms with Crippen molar-refractivity contribution in [2.24, 2.45) is 0 Å². The van der Waals surface area contributed by atoms with Gasteiger partial charge in [0.05, 0.1) is 0 Å². The summed E-state index contributed by atoms with van der Waals surface area (Å²) in [5, 5.41) is 17.7. The maximum absolute atomic E-state index is 11.2. The summed E-state index contributed by atoms with van der Waals surface area (Å²) >= 11 is 0. The van der Waals surface area contributed by atoms with Crippen molar-refractivity contribution in [3.8, 4) is 0 Å². The molecule has 17 heavy (non-hydrogen) atoms. The van der Waals surface area contributed by atoms with Gasteiger partial charge in [0.2, 0.25) is 5.91 Å². The maximum Gasteiger partial charge on any atom is 0.325 e. The SMILES string of the molecule is CCCCCCCCCC(=O)N(O)CC(=O)O. The van der Waals surface area contributed by atoms with Crippen LogP contribution < -0.4 is 0 Å². The molecule has 1 amide bonds. The van der Waals surface area contributed by atoms with Gasteiger partial charge in [-0.2, -0.15) is 0 Å². The maximum atomic E-state index is 11.2. The summed E-state index contributed by atoms with van der Waals surface area (Å²) in [6.45, 7) is 1.52. The molecule has 0 radical (unpaired) electrons. The predicted molar refractivity (Wildman–Crippen MR) is 63.7 cm³/mol. The topological polar surface area (TPSA) is 77.8 Å². The largest absolute Gasteiger partial charge is 0.480 e. The van der Waals surface area contributed by atoms with E-state index >= 15 is 0 Å². The second-order valence-corrected chi connectivity index (χ2v) is 4.22. The summed E-state index contributed by atoms with van der Waals surface area (Å²) in [5.74, 6) is -1.72. The number of hydroxylamine groups is 2. The molecule has 0 bridgehead atoms. The average molecular weight is 245 g/mol. The van der Waals surface area contributed by atoms with Crippen LogP contribution in [0.1, 0.15) is 58.3 Å². The van der Waals surface area contributed by atoms with E-state index in [-0.39, 0.29) is 11.5 Å². The van der Waals surface area contributed by atoms with Crippen LogP contribution in [0.5, 0.6) is 0 Å². The summed E-state index contributed by atoms with van der Waals surface area (Å²) in [4.78, 5) is 21.5. The number of amides is 1. The Labute approximate surface area is 102 Å². The normalized spacial score (nSPS) is 10.2. The third kappa shape index (κ3) is 9.81. The molecule has 0 aromatic heterocycles. The molecule has 0 aliphatic rings. The molecular formula is C12H23NO4. The van der Waals surface area contributed by atoms with Crippen molar-refractivity contribution in [1.82, 2.24) is 5.06 Å². The Morgan fingerprint density at radius 2 is 1.53 bits per heavy atom. The Balaban J connectivity index is 3.41. The Hall–Kier alpha value is -1.10. The Kier molecular flexibility index (Phi) is 9.43. The molecule has 5 nitrogen and oxygen atoms in total. The Bertz CT molecular complexity index is 231. The fourth-order valence-electron chi connectivity index (χ4n) is 1.58. The van der Waals surface area contributed by atoms with Gasteiger partial charge >= 0.3 is 5.97 Å². The van der Waals surface area contributed by atoms with Gasteiger partial charge in [-0.15, -0.1) is 0 Å². The highest BCUT2D eigenvalue weighted by molar-refractivity contribution is 5.80. The van der Waals surface area contributed by atoms with E-state index in [1.165, 1.54) is 25.7 Å². The second kappa shape index (κ2) is 10.1. The van der Waals surface area contributed by atoms with Crippen LogP contribution in [0.2, 0.25) is 0 Å². The van der Waals surface area contributed by atoms with Crippen LogP contribution in [-0.4, -0.2) is 33.8 Å². The number of carboxylic acids is 1. The zero-order valence-corrected chi connectivity index (χ0v) is 10.5. The molecule has 5 heteroatoms. The van der Waals surface area contributed by atoms with E-state index < -0.39 is 18.4 Å². The highest BCUT2D eigenvalue weighted by atomic mass is 16.5. The highest BCUT2D eigenvalue weighted by Gasteiger charge is 2.13. The standard InChI is InChI=1S/C12H23NO4/c1-2-3-4-5-6-7-8-9-11(14)13(17)10-12(15)16/h17H,2-10H2,1H3,(H,15,16). The van der Waals surface area contributed by atoms with Crippen molar-refractivity contribution in [1.29, 1.82) is 0 Å². The number of carboxylic acid groups (broad SMARTS) is 1. The van der Waals surface area contributed by atoms with Crippen molar-refractivity contribution in [2.75, 3.05) is 6.54 Å². The molecule has 0 aliphatic carbocycles. The molecule has 0 aliphatic heterocycles. The van der Waals surface area contributed by atoms with E-state index in [9.17, 15) is 9.59 Å². The number of unbranched alkanes of at least 4 members (excludes halogenated alkanes) is 6. The molecule has 0 spiro atoms. The van der Waals surface area contributed by atoms with Gasteiger partial charge in [0, 0.05) is 6.42 Å². The molecule has 0 saturated heterocycles. The minimum atomic E-state index is -1.21. The molecule has 100 valence electrons. The number of carbonyl (C=O) groups is 2. The summed E-state index contributed by atoms with van der Waals surface area (Å²) < 4.78 is 0. The van der Waals surface area contributed by atoms with Crippen molar-refractivity contribution in [3.05, 3.63) is 0 Å². The molecule has 0 saturated carbocycles. The lowest BCUT2D eigenvalue weighted by Gasteiger charge is -2.11. The minimum Gasteiger partial charge on any atom is -0.480 e. The zero-order valence-electron chi connectivity index (χ0n) is 10.5. The number of nitrogens with zero attached hydrogens (tertiary/aromatic N) is 1. The van der Waals surface area contributed by atoms with Gasteiger partial charge in [0.1, 0.15) is 6.54 Å². The number of hydrogen-bond donors (Lipinski definition) is 2. The van der Waals surface area contributed by atoms with Crippen molar-refractivity contribution >= 4 is 11.9 Å². The number of rotatable bonds is 10. The van der Waals surface area contributed by atoms with E-state index in [0.717, 1.165) is 12.8 Å². The molecule has 0 unspecified atom stereocenters. The van der Waals surface area contributed by atoms with E-state index in [1.54, 1.807) is 0 Å². The predicted octanol–water partition coefficient (Wildman–Crippen LogP) is 2.43. The van der Waals surface area contributed by atoms with Crippen molar-refractivity contribution in [3.63, 3.8) is 0 Å². The highest BCUT2D eigenvalue weighted by Crippen LogP contribution is 2.09. The van der Waals surface area contributed by atoms with Crippen LogP contribution in [0.25, 0.3) is 0 Å². The third-order valence-electron chi connectivity index (χ3n) is 2.57. The van der Waals surface area contributed by atoms with Gasteiger partial charge in [0.25, 0.3) is 0 Å². The molecule has 0 atom stereocenters. The summed E-state index contributed by atoms with van der Waals surface area (Å²) in [6.07, 6.45) is 7.86. The van der Waals surface area contributed by atoms with Crippen LogP contribution in [0.3, 0.4) is 0 Å². The van der Waals surface area contributed by atoms with E-state index in [0.29, 0.717) is 6.42 Å². The number of hydrogen-bond acceptors (Lipinski definition) is 3. The fourth-order valence-corrected chi connectivity index (χ4v) is 1.58. The minimum absolute atomic E-state index is 0.220. The van der Waals surface area contributed by atoms with E-state index in [2.05, 4.69) is 6.92 Å². The summed E-state index contributed by atoms with van der Waals surface area (Å²) in [5.41, 5.74) is 0. The van der Waals surface area contributed by atoms with Gasteiger partial charge in [-0.05, 0) is 6.42 Å². The molecule has 0 aromatic carbocycles. The second-order valence-electron chi connectivity index (χ2n) is 4.22. The molecule has 0 fully saturated rings. The Morgan fingerprint density at radius 1 is 1.00 bits per heavy atom. The van der Waals surface area contributed by atoms with Gasteiger partial charge < -0.3 is 5.11 Å². The van der Waals surface area contributed by atoms with Crippen LogP contribution in [0.15, 0.2) is 0 Å². The first-order valence-corrected chi connectivity index (χ1v) is 6.29. The lowest BCUT2D eigenvalue weighted by Crippen LogP contribution is -2.32. The summed E-state index contributed by atoms with van der Waals surface area (Å²) in [6, 6.07) is 0. The van der Waals surface area contributed by atoms with E-state index in [4.69, 9.17) is 10.3 Å². The van der Waals surface area contributed by atoms with E-state index in [1.807, 2.05) is 0 Å². The first kappa shape index (κ1) is 15.9. The Morgan fingerprint density at radius 3 is 2.06 bits per heavy atom. The quantitative estimate of drug-likeness (QED) is 0.352. The first-order valence-electron chi connectivity index (χ1n) is 6.29. The van der Waals surface area contributed by atoms with Crippen LogP contribution in [0.4, 0.5) is 0 Å². The van der Waals surface area contributed by atoms with Crippen LogP contribution >= 0.6 is 0 Å². The number of aliphatic carboxylic acids is 1. The monoisotopic (exact) mass is 245 g/mol. The first-order chi connectivity index (χ1) is 8.07. The van der Waals surface area contributed by atoms with Gasteiger partial charge in [0.15, 0.2) is 0 Å². The zero-order chi connectivity index (χ0) is 13.1. The lowest BCUT2D eigenvalue weighted by atomic mass is 10.1. The average Bonchev–Trinajstić information content (AvgIpc) is 2.26. The van der Waals surface area contributed by atoms with Crippen molar-refractivity contribution in [2.45, 2.75) is 58.3 Å². The van der Waals surface area contributed by atoms with Gasteiger partial charge in [-0.3, -0.25) is 14.8 Å². The molecule has 0 aromatic rings. The third-order valence-corrected chi connectivity index (χ3v) is 2.57. The molecule has 2 N–H and O–H groups in total.